The maximum absolute atomic E-state index is 13.0. The van der Waals surface area contributed by atoms with Crippen LogP contribution < -0.4 is 0 Å². The Morgan fingerprint density at radius 2 is 2.16 bits per heavy atom. The van der Waals surface area contributed by atoms with E-state index in [0.29, 0.717) is 0 Å². The number of carboxylic acid groups (broad SMARTS) is 1. The molecule has 0 aliphatic carbocycles. The fourth-order valence-electron chi connectivity index (χ4n) is 3.04. The van der Waals surface area contributed by atoms with Gasteiger partial charge < -0.3 is 5.11 Å². The second-order valence-corrected chi connectivity index (χ2v) is 5.11. The Bertz CT molecular complexity index is 432. The lowest BCUT2D eigenvalue weighted by atomic mass is 10.0. The van der Waals surface area contributed by atoms with Crippen LogP contribution >= 0.6 is 0 Å². The van der Waals surface area contributed by atoms with Gasteiger partial charge in [-0.05, 0) is 43.5 Å². The number of likely N-dealkylation sites (tertiary alicyclic amines) is 1. The summed E-state index contributed by atoms with van der Waals surface area (Å²) in [4.78, 5) is 13.2. The van der Waals surface area contributed by atoms with Crippen molar-refractivity contribution in [3.63, 3.8) is 0 Å². The van der Waals surface area contributed by atoms with Crippen LogP contribution in [-0.2, 0) is 4.79 Å². The standard InChI is InChI=1S/C15H20FNO2/c1-2-14(11-5-7-12(16)8-6-11)17-9-3-4-13(17)10-15(18)19/h5-8,13-14H,2-4,9-10H2,1H3,(H,18,19). The summed E-state index contributed by atoms with van der Waals surface area (Å²) in [7, 11) is 0. The molecule has 2 atom stereocenters. The zero-order valence-electron chi connectivity index (χ0n) is 11.2. The van der Waals surface area contributed by atoms with E-state index < -0.39 is 5.97 Å². The summed E-state index contributed by atoms with van der Waals surface area (Å²) in [6, 6.07) is 6.85. The number of benzene rings is 1. The molecule has 1 aromatic carbocycles. The summed E-state index contributed by atoms with van der Waals surface area (Å²) in [6.45, 7) is 3.01. The molecule has 19 heavy (non-hydrogen) atoms. The molecule has 1 aliphatic heterocycles. The maximum Gasteiger partial charge on any atom is 0.304 e. The molecule has 1 heterocycles. The molecule has 2 unspecified atom stereocenters. The van der Waals surface area contributed by atoms with Gasteiger partial charge in [0.2, 0.25) is 0 Å². The van der Waals surface area contributed by atoms with Crippen molar-refractivity contribution in [3.8, 4) is 0 Å². The van der Waals surface area contributed by atoms with Crippen LogP contribution in [0.3, 0.4) is 0 Å². The van der Waals surface area contributed by atoms with Gasteiger partial charge in [-0.15, -0.1) is 0 Å². The third-order valence-electron chi connectivity index (χ3n) is 3.87. The minimum absolute atomic E-state index is 0.104. The van der Waals surface area contributed by atoms with Gasteiger partial charge >= 0.3 is 5.97 Å². The zero-order valence-corrected chi connectivity index (χ0v) is 11.2. The molecule has 0 aromatic heterocycles. The highest BCUT2D eigenvalue weighted by Crippen LogP contribution is 2.33. The molecule has 1 aliphatic rings. The van der Waals surface area contributed by atoms with Crippen LogP contribution in [0.5, 0.6) is 0 Å². The average molecular weight is 265 g/mol. The molecule has 1 N–H and O–H groups in total. The predicted molar refractivity (Wildman–Crippen MR) is 71.4 cm³/mol. The van der Waals surface area contributed by atoms with E-state index in [1.165, 1.54) is 12.1 Å². The van der Waals surface area contributed by atoms with Gasteiger partial charge in [0, 0.05) is 12.1 Å². The molecule has 1 saturated heterocycles. The van der Waals surface area contributed by atoms with E-state index in [1.807, 2.05) is 0 Å². The van der Waals surface area contributed by atoms with E-state index in [2.05, 4.69) is 11.8 Å². The Balaban J connectivity index is 2.16. The lowest BCUT2D eigenvalue weighted by Crippen LogP contribution is -2.34. The highest BCUT2D eigenvalue weighted by molar-refractivity contribution is 5.67. The van der Waals surface area contributed by atoms with Gasteiger partial charge in [-0.1, -0.05) is 19.1 Å². The molecular weight excluding hydrogens is 245 g/mol. The molecule has 0 radical (unpaired) electrons. The third kappa shape index (κ3) is 3.32. The minimum atomic E-state index is -0.745. The number of halogens is 1. The van der Waals surface area contributed by atoms with Crippen molar-refractivity contribution in [2.75, 3.05) is 6.54 Å². The summed E-state index contributed by atoms with van der Waals surface area (Å²) < 4.78 is 13.0. The van der Waals surface area contributed by atoms with E-state index in [4.69, 9.17) is 5.11 Å². The fraction of sp³-hybridized carbons (Fsp3) is 0.533. The highest BCUT2D eigenvalue weighted by atomic mass is 19.1. The Hall–Kier alpha value is -1.42. The van der Waals surface area contributed by atoms with Gasteiger partial charge in [-0.25, -0.2) is 4.39 Å². The van der Waals surface area contributed by atoms with Crippen LogP contribution in [0.2, 0.25) is 0 Å². The van der Waals surface area contributed by atoms with Crippen molar-refractivity contribution in [1.82, 2.24) is 4.90 Å². The number of carbonyl (C=O) groups is 1. The smallest absolute Gasteiger partial charge is 0.304 e. The van der Waals surface area contributed by atoms with Crippen molar-refractivity contribution < 1.29 is 14.3 Å². The molecule has 0 bridgehead atoms. The average Bonchev–Trinajstić information content (AvgIpc) is 2.80. The van der Waals surface area contributed by atoms with Gasteiger partial charge in [-0.3, -0.25) is 9.69 Å². The van der Waals surface area contributed by atoms with Crippen LogP contribution in [-0.4, -0.2) is 28.6 Å². The topological polar surface area (TPSA) is 40.5 Å². The molecule has 2 rings (SSSR count). The van der Waals surface area contributed by atoms with E-state index in [1.54, 1.807) is 12.1 Å². The first-order valence-corrected chi connectivity index (χ1v) is 6.84. The second-order valence-electron chi connectivity index (χ2n) is 5.11. The van der Waals surface area contributed by atoms with Gasteiger partial charge in [0.05, 0.1) is 6.42 Å². The minimum Gasteiger partial charge on any atom is -0.481 e. The van der Waals surface area contributed by atoms with E-state index in [0.717, 1.165) is 31.4 Å². The Morgan fingerprint density at radius 1 is 1.47 bits per heavy atom. The lowest BCUT2D eigenvalue weighted by molar-refractivity contribution is -0.138. The molecule has 3 nitrogen and oxygen atoms in total. The number of nitrogens with zero attached hydrogens (tertiary/aromatic N) is 1. The fourth-order valence-corrected chi connectivity index (χ4v) is 3.04. The van der Waals surface area contributed by atoms with Crippen LogP contribution in [0.1, 0.15) is 44.2 Å². The number of hydrogen-bond donors (Lipinski definition) is 1. The largest absolute Gasteiger partial charge is 0.481 e. The number of rotatable bonds is 5. The highest BCUT2D eigenvalue weighted by Gasteiger charge is 2.31. The monoisotopic (exact) mass is 265 g/mol. The van der Waals surface area contributed by atoms with Crippen LogP contribution in [0.4, 0.5) is 4.39 Å². The third-order valence-corrected chi connectivity index (χ3v) is 3.87. The second kappa shape index (κ2) is 6.15. The van der Waals surface area contributed by atoms with Gasteiger partial charge in [0.1, 0.15) is 5.82 Å². The molecule has 4 heteroatoms. The summed E-state index contributed by atoms with van der Waals surface area (Å²) in [5, 5.41) is 8.98. The first-order valence-electron chi connectivity index (χ1n) is 6.84. The SMILES string of the molecule is CCC(c1ccc(F)cc1)N1CCCC1CC(=O)O. The van der Waals surface area contributed by atoms with Crippen molar-refractivity contribution in [3.05, 3.63) is 35.6 Å². The molecule has 0 spiro atoms. The molecule has 1 fully saturated rings. The van der Waals surface area contributed by atoms with E-state index >= 15 is 0 Å². The lowest BCUT2D eigenvalue weighted by Gasteiger charge is -2.32. The van der Waals surface area contributed by atoms with Crippen molar-refractivity contribution in [2.24, 2.45) is 0 Å². The van der Waals surface area contributed by atoms with Crippen LogP contribution in [0, 0.1) is 5.82 Å². The Kier molecular flexibility index (Phi) is 4.53. The first-order chi connectivity index (χ1) is 9.11. The van der Waals surface area contributed by atoms with Crippen molar-refractivity contribution >= 4 is 5.97 Å². The number of hydrogen-bond acceptors (Lipinski definition) is 2. The summed E-state index contributed by atoms with van der Waals surface area (Å²) in [6.07, 6.45) is 3.07. The molecular formula is C15H20FNO2. The normalized spacial score (nSPS) is 21.5. The number of aliphatic carboxylic acids is 1. The van der Waals surface area contributed by atoms with Crippen molar-refractivity contribution in [1.29, 1.82) is 0 Å². The van der Waals surface area contributed by atoms with Crippen molar-refractivity contribution in [2.45, 2.75) is 44.7 Å². The predicted octanol–water partition coefficient (Wildman–Crippen LogP) is 3.22. The van der Waals surface area contributed by atoms with Gasteiger partial charge in [0.25, 0.3) is 0 Å². The molecule has 0 amide bonds. The Morgan fingerprint density at radius 3 is 2.74 bits per heavy atom. The van der Waals surface area contributed by atoms with Crippen LogP contribution in [0.25, 0.3) is 0 Å². The van der Waals surface area contributed by atoms with Crippen LogP contribution in [0.15, 0.2) is 24.3 Å². The molecule has 104 valence electrons. The van der Waals surface area contributed by atoms with Gasteiger partial charge in [-0.2, -0.15) is 0 Å². The molecule has 0 saturated carbocycles. The summed E-state index contributed by atoms with van der Waals surface area (Å²) in [5.41, 5.74) is 1.07. The van der Waals surface area contributed by atoms with Gasteiger partial charge in [0.15, 0.2) is 0 Å². The zero-order chi connectivity index (χ0) is 13.8. The van der Waals surface area contributed by atoms with E-state index in [-0.39, 0.29) is 24.3 Å². The number of carboxylic acids is 1. The summed E-state index contributed by atoms with van der Waals surface area (Å²) in [5.74, 6) is -0.979. The quantitative estimate of drug-likeness (QED) is 0.888. The summed E-state index contributed by atoms with van der Waals surface area (Å²) >= 11 is 0. The molecule has 1 aromatic rings. The maximum atomic E-state index is 13.0. The van der Waals surface area contributed by atoms with E-state index in [9.17, 15) is 9.18 Å². The first kappa shape index (κ1) is 14.0. The Labute approximate surface area is 113 Å².